The Bertz CT molecular complexity index is 512. The Morgan fingerprint density at radius 3 is 2.30 bits per heavy atom. The van der Waals surface area contributed by atoms with E-state index in [0.29, 0.717) is 32.2 Å². The number of carboxylic acid groups (broad SMARTS) is 1. The Hall–Kier alpha value is -1.92. The summed E-state index contributed by atoms with van der Waals surface area (Å²) in [5.74, 6) is -0.102. The van der Waals surface area contributed by atoms with Gasteiger partial charge in [0.1, 0.15) is 12.4 Å². The number of ether oxygens (including phenoxy) is 3. The van der Waals surface area contributed by atoms with Crippen molar-refractivity contribution in [3.8, 4) is 5.75 Å². The molecule has 1 aromatic rings. The number of rotatable bonds is 12. The lowest BCUT2D eigenvalue weighted by Crippen LogP contribution is -2.12. The molecule has 0 spiro atoms. The first-order valence-electron chi connectivity index (χ1n) is 7.68. The van der Waals surface area contributed by atoms with Crippen LogP contribution >= 0.6 is 0 Å². The molecule has 128 valence electrons. The summed E-state index contributed by atoms with van der Waals surface area (Å²) in [5.41, 5.74) is 1.71. The zero-order valence-electron chi connectivity index (χ0n) is 13.7. The molecule has 0 aliphatic heterocycles. The SMILES string of the molecule is CCc1cc(OCCOCCOCCC(=O)O)ccc1C(C)=O. The normalized spacial score (nSPS) is 10.5. The molecular formula is C17H24O6. The second-order valence-electron chi connectivity index (χ2n) is 4.95. The Morgan fingerprint density at radius 1 is 1.04 bits per heavy atom. The molecule has 0 aliphatic rings. The number of Topliss-reactive ketones (excluding diaryl/α,β-unsaturated/α-hetero) is 1. The number of ketones is 1. The van der Waals surface area contributed by atoms with E-state index in [0.717, 1.165) is 17.5 Å². The van der Waals surface area contributed by atoms with Gasteiger partial charge < -0.3 is 19.3 Å². The van der Waals surface area contributed by atoms with Crippen LogP contribution in [0.1, 0.15) is 36.2 Å². The van der Waals surface area contributed by atoms with Crippen molar-refractivity contribution in [2.24, 2.45) is 0 Å². The molecule has 0 unspecified atom stereocenters. The van der Waals surface area contributed by atoms with E-state index in [2.05, 4.69) is 0 Å². The minimum atomic E-state index is -0.874. The number of hydrogen-bond acceptors (Lipinski definition) is 5. The quantitative estimate of drug-likeness (QED) is 0.469. The highest BCUT2D eigenvalue weighted by Gasteiger charge is 2.07. The number of benzene rings is 1. The molecule has 0 fully saturated rings. The second-order valence-corrected chi connectivity index (χ2v) is 4.95. The van der Waals surface area contributed by atoms with Crippen LogP contribution in [0.15, 0.2) is 18.2 Å². The van der Waals surface area contributed by atoms with Gasteiger partial charge >= 0.3 is 5.97 Å². The Kier molecular flexibility index (Phi) is 8.94. The van der Waals surface area contributed by atoms with Crippen LogP contribution in [0.2, 0.25) is 0 Å². The molecule has 0 bridgehead atoms. The van der Waals surface area contributed by atoms with Crippen molar-refractivity contribution in [3.05, 3.63) is 29.3 Å². The van der Waals surface area contributed by atoms with Gasteiger partial charge in [-0.05, 0) is 37.1 Å². The number of aryl methyl sites for hydroxylation is 1. The maximum atomic E-state index is 11.5. The van der Waals surface area contributed by atoms with Crippen LogP contribution in [0.5, 0.6) is 5.75 Å². The molecule has 0 heterocycles. The van der Waals surface area contributed by atoms with Crippen LogP contribution in [0.4, 0.5) is 0 Å². The van der Waals surface area contributed by atoms with Gasteiger partial charge in [0.15, 0.2) is 5.78 Å². The summed E-state index contributed by atoms with van der Waals surface area (Å²) in [4.78, 5) is 21.7. The van der Waals surface area contributed by atoms with Crippen molar-refractivity contribution in [2.75, 3.05) is 33.0 Å². The summed E-state index contributed by atoms with van der Waals surface area (Å²) in [5, 5.41) is 8.43. The topological polar surface area (TPSA) is 82.1 Å². The highest BCUT2D eigenvalue weighted by atomic mass is 16.5. The van der Waals surface area contributed by atoms with Gasteiger partial charge in [0.2, 0.25) is 0 Å². The number of carbonyl (C=O) groups excluding carboxylic acids is 1. The molecule has 23 heavy (non-hydrogen) atoms. The largest absolute Gasteiger partial charge is 0.491 e. The smallest absolute Gasteiger partial charge is 0.305 e. The lowest BCUT2D eigenvalue weighted by atomic mass is 10.0. The van der Waals surface area contributed by atoms with Crippen LogP contribution < -0.4 is 4.74 Å². The standard InChI is InChI=1S/C17H24O6/c1-3-14-12-15(4-5-16(14)13(2)18)23-11-10-22-9-8-21-7-6-17(19)20/h4-5,12H,3,6-11H2,1-2H3,(H,19,20). The average molecular weight is 324 g/mol. The van der Waals surface area contributed by atoms with Gasteiger partial charge in [0.05, 0.1) is 32.8 Å². The first-order chi connectivity index (χ1) is 11.0. The van der Waals surface area contributed by atoms with Crippen LogP contribution in [0.25, 0.3) is 0 Å². The van der Waals surface area contributed by atoms with Gasteiger partial charge in [-0.1, -0.05) is 6.92 Å². The molecule has 0 saturated carbocycles. The maximum absolute atomic E-state index is 11.5. The molecule has 0 amide bonds. The van der Waals surface area contributed by atoms with Crippen molar-refractivity contribution in [1.82, 2.24) is 0 Å². The van der Waals surface area contributed by atoms with E-state index < -0.39 is 5.97 Å². The van der Waals surface area contributed by atoms with E-state index in [4.69, 9.17) is 19.3 Å². The fourth-order valence-corrected chi connectivity index (χ4v) is 2.00. The van der Waals surface area contributed by atoms with Crippen molar-refractivity contribution in [1.29, 1.82) is 0 Å². The fraction of sp³-hybridized carbons (Fsp3) is 0.529. The molecule has 6 nitrogen and oxygen atoms in total. The lowest BCUT2D eigenvalue weighted by Gasteiger charge is -2.10. The molecule has 0 saturated heterocycles. The summed E-state index contributed by atoms with van der Waals surface area (Å²) in [6.07, 6.45) is 0.773. The summed E-state index contributed by atoms with van der Waals surface area (Å²) in [6, 6.07) is 5.45. The Balaban J connectivity index is 2.18. The van der Waals surface area contributed by atoms with Gasteiger partial charge in [-0.3, -0.25) is 9.59 Å². The average Bonchev–Trinajstić information content (AvgIpc) is 2.52. The Labute approximate surface area is 136 Å². The molecule has 1 aromatic carbocycles. The van der Waals surface area contributed by atoms with E-state index in [1.54, 1.807) is 19.1 Å². The third-order valence-corrected chi connectivity index (χ3v) is 3.17. The number of aliphatic carboxylic acids is 1. The molecule has 0 aliphatic carbocycles. The van der Waals surface area contributed by atoms with Crippen LogP contribution in [-0.2, 0) is 20.7 Å². The molecule has 1 N–H and O–H groups in total. The second kappa shape index (κ2) is 10.7. The number of carboxylic acids is 1. The molecule has 6 heteroatoms. The van der Waals surface area contributed by atoms with E-state index >= 15 is 0 Å². The molecule has 0 aromatic heterocycles. The van der Waals surface area contributed by atoms with Gasteiger partial charge in [-0.15, -0.1) is 0 Å². The van der Waals surface area contributed by atoms with Gasteiger partial charge in [0.25, 0.3) is 0 Å². The summed E-state index contributed by atoms with van der Waals surface area (Å²) in [7, 11) is 0. The third kappa shape index (κ3) is 7.76. The zero-order chi connectivity index (χ0) is 17.1. The minimum Gasteiger partial charge on any atom is -0.491 e. The predicted octanol–water partition coefficient (Wildman–Crippen LogP) is 2.34. The van der Waals surface area contributed by atoms with Crippen molar-refractivity contribution in [3.63, 3.8) is 0 Å². The fourth-order valence-electron chi connectivity index (χ4n) is 2.00. The van der Waals surface area contributed by atoms with Gasteiger partial charge in [0, 0.05) is 5.56 Å². The predicted molar refractivity (Wildman–Crippen MR) is 85.2 cm³/mol. The summed E-state index contributed by atoms with van der Waals surface area (Å²) < 4.78 is 16.0. The molecular weight excluding hydrogens is 300 g/mol. The van der Waals surface area contributed by atoms with Crippen molar-refractivity contribution >= 4 is 11.8 Å². The van der Waals surface area contributed by atoms with Crippen LogP contribution in [-0.4, -0.2) is 49.9 Å². The van der Waals surface area contributed by atoms with E-state index in [1.165, 1.54) is 0 Å². The lowest BCUT2D eigenvalue weighted by molar-refractivity contribution is -0.138. The first kappa shape index (κ1) is 19.1. The van der Waals surface area contributed by atoms with Gasteiger partial charge in [-0.25, -0.2) is 0 Å². The molecule has 0 atom stereocenters. The Morgan fingerprint density at radius 2 is 1.70 bits per heavy atom. The summed E-state index contributed by atoms with van der Waals surface area (Å²) in [6.45, 7) is 5.32. The number of hydrogen-bond donors (Lipinski definition) is 1. The summed E-state index contributed by atoms with van der Waals surface area (Å²) >= 11 is 0. The minimum absolute atomic E-state index is 0.000862. The number of carbonyl (C=O) groups is 2. The molecule has 0 radical (unpaired) electrons. The first-order valence-corrected chi connectivity index (χ1v) is 7.68. The van der Waals surface area contributed by atoms with Gasteiger partial charge in [-0.2, -0.15) is 0 Å². The molecule has 1 rings (SSSR count). The zero-order valence-corrected chi connectivity index (χ0v) is 13.7. The maximum Gasteiger partial charge on any atom is 0.305 e. The highest BCUT2D eigenvalue weighted by Crippen LogP contribution is 2.19. The van der Waals surface area contributed by atoms with Crippen LogP contribution in [0, 0.1) is 0 Å². The monoisotopic (exact) mass is 324 g/mol. The van der Waals surface area contributed by atoms with Crippen molar-refractivity contribution in [2.45, 2.75) is 26.7 Å². The highest BCUT2D eigenvalue weighted by molar-refractivity contribution is 5.95. The van der Waals surface area contributed by atoms with E-state index in [-0.39, 0.29) is 18.8 Å². The third-order valence-electron chi connectivity index (χ3n) is 3.17. The van der Waals surface area contributed by atoms with E-state index in [9.17, 15) is 9.59 Å². The van der Waals surface area contributed by atoms with Crippen molar-refractivity contribution < 1.29 is 28.9 Å². The van der Waals surface area contributed by atoms with Crippen LogP contribution in [0.3, 0.4) is 0 Å². The van der Waals surface area contributed by atoms with E-state index in [1.807, 2.05) is 13.0 Å².